The second-order valence-corrected chi connectivity index (χ2v) is 4.56. The molecular formula is C12H16N2O6S. The normalized spacial score (nSPS) is 9.71. The molecule has 0 aromatic heterocycles. The lowest BCUT2D eigenvalue weighted by Crippen LogP contribution is -2.39. The lowest BCUT2D eigenvalue weighted by molar-refractivity contribution is -0.255. The van der Waals surface area contributed by atoms with E-state index in [2.05, 4.69) is 11.5 Å². The first kappa shape index (κ1) is 18.8. The summed E-state index contributed by atoms with van der Waals surface area (Å²) in [4.78, 5) is 0. The number of quaternary nitrogens is 2. The molecule has 2 rings (SSSR count). The fourth-order valence-electron chi connectivity index (χ4n) is 0.992. The standard InChI is InChI=1S/2C6H7NO.H2O4S/c2*7-5-1-3-6(8)4-2-5;1-5(2,3)4/h2*1-4,8H,7H2;(H2,1,2,3,4). The van der Waals surface area contributed by atoms with Gasteiger partial charge in [0.25, 0.3) is 0 Å². The van der Waals surface area contributed by atoms with E-state index >= 15 is 0 Å². The quantitative estimate of drug-likeness (QED) is 0.365. The Morgan fingerprint density at radius 3 is 1.05 bits per heavy atom. The van der Waals surface area contributed by atoms with Crippen LogP contribution < -0.4 is 11.5 Å². The average Bonchev–Trinajstić information content (AvgIpc) is 2.35. The molecule has 116 valence electrons. The largest absolute Gasteiger partial charge is 0.759 e. The predicted molar refractivity (Wildman–Crippen MR) is 71.8 cm³/mol. The van der Waals surface area contributed by atoms with Crippen LogP contribution >= 0.6 is 0 Å². The number of hydrogen-bond acceptors (Lipinski definition) is 6. The lowest BCUT2D eigenvalue weighted by atomic mass is 10.3. The molecule has 2 aromatic rings. The first-order valence-electron chi connectivity index (χ1n) is 5.46. The molecule has 2 aromatic carbocycles. The molecule has 0 heterocycles. The first-order valence-corrected chi connectivity index (χ1v) is 6.80. The van der Waals surface area contributed by atoms with Gasteiger partial charge in [0.15, 0.2) is 0 Å². The summed E-state index contributed by atoms with van der Waals surface area (Å²) in [6.45, 7) is 0. The van der Waals surface area contributed by atoms with E-state index in [0.29, 0.717) is 0 Å². The molecule has 0 atom stereocenters. The second kappa shape index (κ2) is 8.89. The third-order valence-electron chi connectivity index (χ3n) is 1.87. The number of hydrogen-bond donors (Lipinski definition) is 4. The highest BCUT2D eigenvalue weighted by Crippen LogP contribution is 2.08. The van der Waals surface area contributed by atoms with Gasteiger partial charge in [0.1, 0.15) is 22.9 Å². The van der Waals surface area contributed by atoms with Gasteiger partial charge in [-0.1, -0.05) is 0 Å². The molecule has 21 heavy (non-hydrogen) atoms. The van der Waals surface area contributed by atoms with Gasteiger partial charge >= 0.3 is 0 Å². The fraction of sp³-hybridized carbons (Fsp3) is 0. The first-order chi connectivity index (χ1) is 9.58. The molecule has 0 saturated heterocycles. The molecule has 0 aliphatic carbocycles. The van der Waals surface area contributed by atoms with Crippen molar-refractivity contribution in [3.8, 4) is 11.5 Å². The molecule has 0 fully saturated rings. The summed E-state index contributed by atoms with van der Waals surface area (Å²) in [5.74, 6) is 0.579. The van der Waals surface area contributed by atoms with Gasteiger partial charge in [0, 0.05) is 34.7 Å². The Hall–Kier alpha value is -2.17. The molecule has 0 aliphatic heterocycles. The molecule has 9 heteroatoms. The lowest BCUT2D eigenvalue weighted by Gasteiger charge is -2.06. The molecule has 8 N–H and O–H groups in total. The molecule has 0 unspecified atom stereocenters. The zero-order valence-corrected chi connectivity index (χ0v) is 11.8. The van der Waals surface area contributed by atoms with Gasteiger partial charge in [-0.05, 0) is 24.3 Å². The number of rotatable bonds is 0. The molecule has 0 aliphatic rings. The Balaban J connectivity index is 0.000000296. The Labute approximate surface area is 121 Å². The van der Waals surface area contributed by atoms with Crippen molar-refractivity contribution < 1.29 is 39.2 Å². The van der Waals surface area contributed by atoms with E-state index in [0.717, 1.165) is 11.4 Å². The summed E-state index contributed by atoms with van der Waals surface area (Å²) in [6.07, 6.45) is 0. The van der Waals surface area contributed by atoms with Gasteiger partial charge < -0.3 is 30.8 Å². The zero-order valence-electron chi connectivity index (χ0n) is 11.0. The van der Waals surface area contributed by atoms with Crippen LogP contribution in [-0.2, 0) is 10.4 Å². The minimum atomic E-state index is -5.17. The second-order valence-electron chi connectivity index (χ2n) is 3.74. The average molecular weight is 316 g/mol. The number of phenolic OH excluding ortho intramolecular Hbond substituents is 2. The maximum Gasteiger partial charge on any atom is 0.128 e. The highest BCUT2D eigenvalue weighted by molar-refractivity contribution is 7.79. The van der Waals surface area contributed by atoms with Gasteiger partial charge in [-0.25, -0.2) is 0 Å². The SMILES string of the molecule is O=S(=O)([O-])[O-].[NH3+]c1ccc(O)cc1.[NH3+]c1ccc(O)cc1. The van der Waals surface area contributed by atoms with E-state index in [9.17, 15) is 0 Å². The highest BCUT2D eigenvalue weighted by atomic mass is 32.3. The summed E-state index contributed by atoms with van der Waals surface area (Å²) >= 11 is 0. The van der Waals surface area contributed by atoms with Crippen LogP contribution in [0, 0.1) is 0 Å². The van der Waals surface area contributed by atoms with E-state index in [1.807, 2.05) is 0 Å². The van der Waals surface area contributed by atoms with E-state index in [-0.39, 0.29) is 11.5 Å². The number of benzene rings is 2. The summed E-state index contributed by atoms with van der Waals surface area (Å²) in [7, 11) is -5.17. The van der Waals surface area contributed by atoms with Crippen LogP contribution in [0.3, 0.4) is 0 Å². The van der Waals surface area contributed by atoms with Crippen LogP contribution in [0.5, 0.6) is 11.5 Å². The van der Waals surface area contributed by atoms with Crippen molar-refractivity contribution in [1.29, 1.82) is 0 Å². The Morgan fingerprint density at radius 1 is 0.714 bits per heavy atom. The van der Waals surface area contributed by atoms with Crippen molar-refractivity contribution >= 4 is 21.8 Å². The van der Waals surface area contributed by atoms with E-state index in [1.54, 1.807) is 48.5 Å². The van der Waals surface area contributed by atoms with Crippen molar-refractivity contribution in [3.05, 3.63) is 48.5 Å². The maximum absolute atomic E-state index is 8.73. The summed E-state index contributed by atoms with van der Waals surface area (Å²) in [5, 5.41) is 17.5. The van der Waals surface area contributed by atoms with Gasteiger partial charge in [-0.15, -0.1) is 0 Å². The fourth-order valence-corrected chi connectivity index (χ4v) is 0.992. The summed E-state index contributed by atoms with van der Waals surface area (Å²) < 4.78 is 34.1. The summed E-state index contributed by atoms with van der Waals surface area (Å²) in [5.41, 5.74) is 9.14. The zero-order chi connectivity index (χ0) is 16.5. The molecule has 0 amide bonds. The van der Waals surface area contributed by atoms with Crippen LogP contribution in [0.4, 0.5) is 11.4 Å². The van der Waals surface area contributed by atoms with Crippen LogP contribution in [0.1, 0.15) is 0 Å². The minimum absolute atomic E-state index is 0.289. The maximum atomic E-state index is 8.73. The van der Waals surface area contributed by atoms with Crippen molar-refractivity contribution in [2.24, 2.45) is 0 Å². The van der Waals surface area contributed by atoms with Gasteiger partial charge in [0.05, 0.1) is 0 Å². The van der Waals surface area contributed by atoms with Gasteiger partial charge in [-0.2, -0.15) is 0 Å². The molecular weight excluding hydrogens is 300 g/mol. The van der Waals surface area contributed by atoms with Crippen LogP contribution in [0.15, 0.2) is 48.5 Å². The third-order valence-corrected chi connectivity index (χ3v) is 1.87. The highest BCUT2D eigenvalue weighted by Gasteiger charge is 1.86. The monoisotopic (exact) mass is 316 g/mol. The third kappa shape index (κ3) is 14.1. The topological polar surface area (TPSA) is 176 Å². The molecule has 0 saturated carbocycles. The Morgan fingerprint density at radius 2 is 0.905 bits per heavy atom. The number of aromatic hydroxyl groups is 2. The predicted octanol–water partition coefficient (Wildman–Crippen LogP) is -0.807. The van der Waals surface area contributed by atoms with Crippen molar-refractivity contribution in [1.82, 2.24) is 0 Å². The van der Waals surface area contributed by atoms with Crippen LogP contribution in [-0.4, -0.2) is 27.7 Å². The van der Waals surface area contributed by atoms with Crippen molar-refractivity contribution in [2.45, 2.75) is 0 Å². The van der Waals surface area contributed by atoms with Crippen molar-refractivity contribution in [2.75, 3.05) is 0 Å². The Kier molecular flexibility index (Phi) is 7.97. The summed E-state index contributed by atoms with van der Waals surface area (Å²) in [6, 6.07) is 13.5. The van der Waals surface area contributed by atoms with E-state index in [4.69, 9.17) is 27.7 Å². The molecule has 0 spiro atoms. The molecule has 8 nitrogen and oxygen atoms in total. The van der Waals surface area contributed by atoms with Crippen LogP contribution in [0.25, 0.3) is 0 Å². The van der Waals surface area contributed by atoms with Gasteiger partial charge in [0.2, 0.25) is 0 Å². The Bertz CT molecular complexity index is 532. The smallest absolute Gasteiger partial charge is 0.128 e. The van der Waals surface area contributed by atoms with Crippen molar-refractivity contribution in [3.63, 3.8) is 0 Å². The van der Waals surface area contributed by atoms with Gasteiger partial charge in [-0.3, -0.25) is 8.42 Å². The van der Waals surface area contributed by atoms with E-state index in [1.165, 1.54) is 0 Å². The molecule has 0 bridgehead atoms. The van der Waals surface area contributed by atoms with E-state index < -0.39 is 10.4 Å². The van der Waals surface area contributed by atoms with Crippen LogP contribution in [0.2, 0.25) is 0 Å². The minimum Gasteiger partial charge on any atom is -0.759 e. The number of phenols is 2. The molecule has 0 radical (unpaired) electrons.